The van der Waals surface area contributed by atoms with Gasteiger partial charge in [-0.1, -0.05) is 30.3 Å². The van der Waals surface area contributed by atoms with Gasteiger partial charge in [0.25, 0.3) is 0 Å². The molecule has 1 saturated heterocycles. The van der Waals surface area contributed by atoms with E-state index in [-0.39, 0.29) is 11.6 Å². The Balaban J connectivity index is 1.56. The highest BCUT2D eigenvalue weighted by molar-refractivity contribution is 5.69. The molecule has 8 nitrogen and oxygen atoms in total. The molecule has 2 aromatic rings. The van der Waals surface area contributed by atoms with Crippen LogP contribution in [0.25, 0.3) is 0 Å². The lowest BCUT2D eigenvalue weighted by molar-refractivity contribution is 0.0178. The van der Waals surface area contributed by atoms with Crippen LogP contribution in [0.1, 0.15) is 51.4 Å². The molecule has 1 aromatic carbocycles. The van der Waals surface area contributed by atoms with Crippen molar-refractivity contribution in [3.8, 4) is 6.01 Å². The van der Waals surface area contributed by atoms with Crippen molar-refractivity contribution in [2.75, 3.05) is 38.2 Å². The highest BCUT2D eigenvalue weighted by atomic mass is 16.6. The fourth-order valence-corrected chi connectivity index (χ4v) is 4.76. The van der Waals surface area contributed by atoms with Crippen molar-refractivity contribution < 1.29 is 14.3 Å². The molecule has 3 heterocycles. The maximum atomic E-state index is 12.7. The molecule has 4 rings (SSSR count). The van der Waals surface area contributed by atoms with Crippen molar-refractivity contribution >= 4 is 11.9 Å². The van der Waals surface area contributed by atoms with Gasteiger partial charge in [0.15, 0.2) is 0 Å². The van der Waals surface area contributed by atoms with E-state index in [2.05, 4.69) is 47.9 Å². The molecule has 0 N–H and O–H groups in total. The monoisotopic (exact) mass is 467 g/mol. The number of aromatic nitrogens is 2. The number of piperazine rings is 1. The molecule has 0 unspecified atom stereocenters. The zero-order valence-electron chi connectivity index (χ0n) is 21.3. The Morgan fingerprint density at radius 1 is 1.09 bits per heavy atom. The van der Waals surface area contributed by atoms with E-state index in [1.165, 1.54) is 11.1 Å². The normalized spacial score (nSPS) is 18.4. The summed E-state index contributed by atoms with van der Waals surface area (Å²) in [7, 11) is 1.61. The molecular weight excluding hydrogens is 430 g/mol. The summed E-state index contributed by atoms with van der Waals surface area (Å²) in [4.78, 5) is 28.7. The van der Waals surface area contributed by atoms with Crippen LogP contribution in [0.15, 0.2) is 30.3 Å². The van der Waals surface area contributed by atoms with Gasteiger partial charge in [-0.15, -0.1) is 0 Å². The van der Waals surface area contributed by atoms with Gasteiger partial charge in [0.2, 0.25) is 0 Å². The smallest absolute Gasteiger partial charge is 0.410 e. The molecule has 0 radical (unpaired) electrons. The Kier molecular flexibility index (Phi) is 6.71. The molecule has 0 bridgehead atoms. The number of anilines is 1. The van der Waals surface area contributed by atoms with Crippen LogP contribution in [0.2, 0.25) is 0 Å². The molecule has 1 amide bonds. The molecule has 8 heteroatoms. The van der Waals surface area contributed by atoms with Crippen molar-refractivity contribution in [2.24, 2.45) is 0 Å². The summed E-state index contributed by atoms with van der Waals surface area (Å²) in [5.74, 6) is 0.926. The van der Waals surface area contributed by atoms with E-state index in [0.29, 0.717) is 25.6 Å². The first-order valence-electron chi connectivity index (χ1n) is 12.0. The third-order valence-electron chi connectivity index (χ3n) is 6.34. The standard InChI is InChI=1S/C26H37N5O3/c1-25(2,3)34-24(32)30-14-15-31(26(4,5)18-30)22-20-12-13-29(16-19-10-8-7-9-11-19)17-21(20)27-23(28-22)33-6/h7-11H,12-18H2,1-6H3. The fraction of sp³-hybridized carbons (Fsp3) is 0.577. The molecule has 2 aliphatic rings. The van der Waals surface area contributed by atoms with Gasteiger partial charge >= 0.3 is 12.1 Å². The molecule has 34 heavy (non-hydrogen) atoms. The number of nitrogens with zero attached hydrogens (tertiary/aromatic N) is 5. The van der Waals surface area contributed by atoms with Crippen LogP contribution >= 0.6 is 0 Å². The largest absolute Gasteiger partial charge is 0.467 e. The van der Waals surface area contributed by atoms with Crippen molar-refractivity contribution in [2.45, 2.75) is 65.3 Å². The van der Waals surface area contributed by atoms with Gasteiger partial charge in [-0.05, 0) is 46.6 Å². The lowest BCUT2D eigenvalue weighted by Gasteiger charge is -2.48. The van der Waals surface area contributed by atoms with Crippen LogP contribution in [-0.4, -0.2) is 70.3 Å². The lowest BCUT2D eigenvalue weighted by Crippen LogP contribution is -2.61. The molecule has 2 aliphatic heterocycles. The molecule has 184 valence electrons. The van der Waals surface area contributed by atoms with Gasteiger partial charge in [0.05, 0.1) is 18.3 Å². The number of fused-ring (bicyclic) bond motifs is 1. The predicted octanol–water partition coefficient (Wildman–Crippen LogP) is 3.88. The van der Waals surface area contributed by atoms with Gasteiger partial charge in [-0.2, -0.15) is 9.97 Å². The number of hydrogen-bond acceptors (Lipinski definition) is 7. The first-order chi connectivity index (χ1) is 16.1. The first kappa shape index (κ1) is 24.3. The lowest BCUT2D eigenvalue weighted by atomic mass is 9.96. The highest BCUT2D eigenvalue weighted by Crippen LogP contribution is 2.34. The molecule has 0 saturated carbocycles. The van der Waals surface area contributed by atoms with Crippen molar-refractivity contribution in [3.05, 3.63) is 47.2 Å². The fourth-order valence-electron chi connectivity index (χ4n) is 4.76. The van der Waals surface area contributed by atoms with Crippen LogP contribution in [0.5, 0.6) is 6.01 Å². The number of hydrogen-bond donors (Lipinski definition) is 0. The Labute approximate surface area is 202 Å². The second kappa shape index (κ2) is 9.41. The summed E-state index contributed by atoms with van der Waals surface area (Å²) in [6.07, 6.45) is 0.614. The van der Waals surface area contributed by atoms with E-state index in [4.69, 9.17) is 19.4 Å². The van der Waals surface area contributed by atoms with Gasteiger partial charge < -0.3 is 19.3 Å². The summed E-state index contributed by atoms with van der Waals surface area (Å²) in [6, 6.07) is 10.9. The minimum atomic E-state index is -0.511. The van der Waals surface area contributed by atoms with Crippen LogP contribution in [-0.2, 0) is 24.2 Å². The van der Waals surface area contributed by atoms with E-state index in [9.17, 15) is 4.79 Å². The second-order valence-electron chi connectivity index (χ2n) is 10.8. The Bertz CT molecular complexity index is 1020. The number of carbonyl (C=O) groups is 1. The topological polar surface area (TPSA) is 71.0 Å². The molecular formula is C26H37N5O3. The van der Waals surface area contributed by atoms with Gasteiger partial charge in [0.1, 0.15) is 11.4 Å². The van der Waals surface area contributed by atoms with E-state index in [1.807, 2.05) is 26.8 Å². The average molecular weight is 468 g/mol. The van der Waals surface area contributed by atoms with Crippen LogP contribution in [0.3, 0.4) is 0 Å². The summed E-state index contributed by atoms with van der Waals surface area (Å²) in [5.41, 5.74) is 2.68. The van der Waals surface area contributed by atoms with Gasteiger partial charge in [-0.3, -0.25) is 4.90 Å². The molecule has 1 aromatic heterocycles. The van der Waals surface area contributed by atoms with E-state index < -0.39 is 5.60 Å². The minimum absolute atomic E-state index is 0.265. The maximum Gasteiger partial charge on any atom is 0.410 e. The number of rotatable bonds is 4. The maximum absolute atomic E-state index is 12.7. The quantitative estimate of drug-likeness (QED) is 0.676. The van der Waals surface area contributed by atoms with Gasteiger partial charge in [0, 0.05) is 44.8 Å². The highest BCUT2D eigenvalue weighted by Gasteiger charge is 2.40. The Morgan fingerprint density at radius 3 is 2.47 bits per heavy atom. The summed E-state index contributed by atoms with van der Waals surface area (Å²) in [5, 5.41) is 0. The zero-order valence-corrected chi connectivity index (χ0v) is 21.3. The number of benzene rings is 1. The summed E-state index contributed by atoms with van der Waals surface area (Å²) in [6.45, 7) is 14.4. The van der Waals surface area contributed by atoms with Crippen LogP contribution in [0.4, 0.5) is 10.6 Å². The molecule has 1 fully saturated rings. The number of methoxy groups -OCH3 is 1. The second-order valence-corrected chi connectivity index (χ2v) is 10.8. The van der Waals surface area contributed by atoms with Crippen molar-refractivity contribution in [1.29, 1.82) is 0 Å². The van der Waals surface area contributed by atoms with Gasteiger partial charge in [-0.25, -0.2) is 4.79 Å². The Morgan fingerprint density at radius 2 is 1.82 bits per heavy atom. The number of carbonyl (C=O) groups excluding carboxylic acids is 1. The third-order valence-corrected chi connectivity index (χ3v) is 6.34. The van der Waals surface area contributed by atoms with E-state index >= 15 is 0 Å². The molecule has 0 atom stereocenters. The van der Waals surface area contributed by atoms with Crippen molar-refractivity contribution in [1.82, 2.24) is 19.8 Å². The van der Waals surface area contributed by atoms with Crippen LogP contribution < -0.4 is 9.64 Å². The zero-order chi connectivity index (χ0) is 24.5. The number of amides is 1. The first-order valence-corrected chi connectivity index (χ1v) is 12.0. The Hall–Kier alpha value is -2.87. The SMILES string of the molecule is COc1nc2c(c(N3CCN(C(=O)OC(C)(C)C)CC3(C)C)n1)CCN(Cc1ccccc1)C2. The van der Waals surface area contributed by atoms with Crippen LogP contribution in [0, 0.1) is 0 Å². The molecule has 0 aliphatic carbocycles. The summed E-state index contributed by atoms with van der Waals surface area (Å²) < 4.78 is 11.1. The minimum Gasteiger partial charge on any atom is -0.467 e. The predicted molar refractivity (Wildman–Crippen MR) is 132 cm³/mol. The molecule has 0 spiro atoms. The average Bonchev–Trinajstić information content (AvgIpc) is 2.77. The summed E-state index contributed by atoms with van der Waals surface area (Å²) >= 11 is 0. The number of ether oxygens (including phenoxy) is 2. The third kappa shape index (κ3) is 5.43. The van der Waals surface area contributed by atoms with E-state index in [1.54, 1.807) is 12.0 Å². The van der Waals surface area contributed by atoms with E-state index in [0.717, 1.165) is 37.6 Å². The van der Waals surface area contributed by atoms with Crippen molar-refractivity contribution in [3.63, 3.8) is 0 Å².